The number of nitrogens with zero attached hydrogens (tertiary/aromatic N) is 2. The van der Waals surface area contributed by atoms with Gasteiger partial charge in [-0.3, -0.25) is 9.59 Å². The second kappa shape index (κ2) is 6.71. The van der Waals surface area contributed by atoms with E-state index in [0.29, 0.717) is 12.1 Å². The zero-order valence-corrected chi connectivity index (χ0v) is 15.2. The van der Waals surface area contributed by atoms with Crippen LogP contribution in [0.2, 0.25) is 0 Å². The van der Waals surface area contributed by atoms with Gasteiger partial charge in [0.05, 0.1) is 0 Å². The molecule has 0 aromatic heterocycles. The normalized spacial score (nSPS) is 17.8. The number of carbonyl (C=O) groups excluding carboxylic acids is 2. The third kappa shape index (κ3) is 3.43. The average molecular weight is 336 g/mol. The molecule has 1 atom stereocenters. The van der Waals surface area contributed by atoms with E-state index in [1.807, 2.05) is 70.2 Å². The second-order valence-electron chi connectivity index (χ2n) is 6.94. The number of hydrogen-bond donors (Lipinski definition) is 0. The molecule has 1 heterocycles. The van der Waals surface area contributed by atoms with Gasteiger partial charge in [0.25, 0.3) is 5.91 Å². The maximum absolute atomic E-state index is 13.0. The van der Waals surface area contributed by atoms with Gasteiger partial charge in [-0.25, -0.2) is 0 Å². The van der Waals surface area contributed by atoms with Crippen LogP contribution in [0, 0.1) is 20.8 Å². The minimum absolute atomic E-state index is 0.0357. The van der Waals surface area contributed by atoms with Gasteiger partial charge in [0, 0.05) is 23.8 Å². The molecule has 3 rings (SSSR count). The Morgan fingerprint density at radius 2 is 1.64 bits per heavy atom. The fraction of sp³-hybridized carbons (Fsp3) is 0.333. The zero-order valence-electron chi connectivity index (χ0n) is 15.2. The maximum Gasteiger partial charge on any atom is 0.254 e. The predicted molar refractivity (Wildman–Crippen MR) is 99.9 cm³/mol. The SMILES string of the molecule is Cc1ccc(N2C[C@@H](C)N(C(=O)c3cc(C)ccc3C)CC2=O)cc1. The van der Waals surface area contributed by atoms with Crippen LogP contribution < -0.4 is 4.90 Å². The lowest BCUT2D eigenvalue weighted by Gasteiger charge is -2.39. The Bertz CT molecular complexity index is 811. The number of carbonyl (C=O) groups is 2. The number of anilines is 1. The highest BCUT2D eigenvalue weighted by atomic mass is 16.2. The third-order valence-corrected chi connectivity index (χ3v) is 4.82. The first kappa shape index (κ1) is 17.2. The van der Waals surface area contributed by atoms with E-state index in [4.69, 9.17) is 0 Å². The van der Waals surface area contributed by atoms with Crippen molar-refractivity contribution in [3.63, 3.8) is 0 Å². The standard InChI is InChI=1S/C21H24N2O2/c1-14-6-9-18(10-7-14)23-12-17(4)22(13-20(23)24)21(25)19-11-15(2)5-8-16(19)3/h5-11,17H,12-13H2,1-4H3/t17-/m1/s1. The molecule has 0 spiro atoms. The quantitative estimate of drug-likeness (QED) is 0.842. The average Bonchev–Trinajstić information content (AvgIpc) is 2.59. The Hall–Kier alpha value is -2.62. The first-order chi connectivity index (χ1) is 11.9. The molecule has 1 aliphatic heterocycles. The summed E-state index contributed by atoms with van der Waals surface area (Å²) in [6.45, 7) is 8.55. The van der Waals surface area contributed by atoms with E-state index in [1.165, 1.54) is 0 Å². The van der Waals surface area contributed by atoms with Crippen LogP contribution in [0.25, 0.3) is 0 Å². The van der Waals surface area contributed by atoms with Crippen LogP contribution in [-0.4, -0.2) is 35.8 Å². The summed E-state index contributed by atoms with van der Waals surface area (Å²) in [6.07, 6.45) is 0. The van der Waals surface area contributed by atoms with Crippen molar-refractivity contribution in [3.8, 4) is 0 Å². The van der Waals surface area contributed by atoms with Gasteiger partial charge in [0.1, 0.15) is 6.54 Å². The first-order valence-electron chi connectivity index (χ1n) is 8.62. The van der Waals surface area contributed by atoms with E-state index in [9.17, 15) is 9.59 Å². The molecule has 0 saturated carbocycles. The van der Waals surface area contributed by atoms with Crippen molar-refractivity contribution in [1.82, 2.24) is 4.90 Å². The minimum Gasteiger partial charge on any atom is -0.325 e. The fourth-order valence-electron chi connectivity index (χ4n) is 3.22. The highest BCUT2D eigenvalue weighted by molar-refractivity contribution is 6.02. The molecule has 4 nitrogen and oxygen atoms in total. The van der Waals surface area contributed by atoms with Crippen LogP contribution >= 0.6 is 0 Å². The van der Waals surface area contributed by atoms with Crippen molar-refractivity contribution in [2.24, 2.45) is 0 Å². The maximum atomic E-state index is 13.0. The molecule has 130 valence electrons. The predicted octanol–water partition coefficient (Wildman–Crippen LogP) is 3.49. The topological polar surface area (TPSA) is 40.6 Å². The molecule has 0 radical (unpaired) electrons. The van der Waals surface area contributed by atoms with Gasteiger partial charge in [-0.2, -0.15) is 0 Å². The van der Waals surface area contributed by atoms with Crippen molar-refractivity contribution < 1.29 is 9.59 Å². The third-order valence-electron chi connectivity index (χ3n) is 4.82. The molecule has 25 heavy (non-hydrogen) atoms. The van der Waals surface area contributed by atoms with Crippen molar-refractivity contribution >= 4 is 17.5 Å². The molecule has 4 heteroatoms. The van der Waals surface area contributed by atoms with Crippen molar-refractivity contribution in [1.29, 1.82) is 0 Å². The molecule has 0 N–H and O–H groups in total. The summed E-state index contributed by atoms with van der Waals surface area (Å²) in [4.78, 5) is 29.1. The number of piperazine rings is 1. The molecular weight excluding hydrogens is 312 g/mol. The summed E-state index contributed by atoms with van der Waals surface area (Å²) in [6, 6.07) is 13.7. The second-order valence-corrected chi connectivity index (χ2v) is 6.94. The van der Waals surface area contributed by atoms with Gasteiger partial charge in [-0.1, -0.05) is 35.4 Å². The lowest BCUT2D eigenvalue weighted by molar-refractivity contribution is -0.121. The summed E-state index contributed by atoms with van der Waals surface area (Å²) in [7, 11) is 0. The Morgan fingerprint density at radius 3 is 2.32 bits per heavy atom. The number of rotatable bonds is 2. The molecule has 1 saturated heterocycles. The molecule has 0 bridgehead atoms. The minimum atomic E-state index is -0.0643. The molecular formula is C21H24N2O2. The molecule has 2 amide bonds. The monoisotopic (exact) mass is 336 g/mol. The largest absolute Gasteiger partial charge is 0.325 e. The Labute approximate surface area is 149 Å². The van der Waals surface area contributed by atoms with Gasteiger partial charge < -0.3 is 9.80 Å². The lowest BCUT2D eigenvalue weighted by Crippen LogP contribution is -2.57. The fourth-order valence-corrected chi connectivity index (χ4v) is 3.22. The van der Waals surface area contributed by atoms with Crippen LogP contribution in [0.3, 0.4) is 0 Å². The van der Waals surface area contributed by atoms with Gasteiger partial charge in [-0.15, -0.1) is 0 Å². The summed E-state index contributed by atoms with van der Waals surface area (Å²) in [5.74, 6) is -0.105. The van der Waals surface area contributed by atoms with Crippen molar-refractivity contribution in [2.75, 3.05) is 18.0 Å². The van der Waals surface area contributed by atoms with E-state index in [0.717, 1.165) is 22.4 Å². The lowest BCUT2D eigenvalue weighted by atomic mass is 10.0. The van der Waals surface area contributed by atoms with E-state index < -0.39 is 0 Å². The zero-order chi connectivity index (χ0) is 18.1. The number of hydrogen-bond acceptors (Lipinski definition) is 2. The van der Waals surface area contributed by atoms with Crippen molar-refractivity contribution in [2.45, 2.75) is 33.7 Å². The molecule has 1 fully saturated rings. The number of amides is 2. The van der Waals surface area contributed by atoms with E-state index in [2.05, 4.69) is 0 Å². The molecule has 2 aromatic rings. The number of aryl methyl sites for hydroxylation is 3. The first-order valence-corrected chi connectivity index (χ1v) is 8.62. The summed E-state index contributed by atoms with van der Waals surface area (Å²) in [5.41, 5.74) is 4.72. The van der Waals surface area contributed by atoms with E-state index in [1.54, 1.807) is 9.80 Å². The van der Waals surface area contributed by atoms with E-state index in [-0.39, 0.29) is 24.4 Å². The van der Waals surface area contributed by atoms with Crippen LogP contribution in [0.4, 0.5) is 5.69 Å². The summed E-state index contributed by atoms with van der Waals surface area (Å²) >= 11 is 0. The van der Waals surface area contributed by atoms with Crippen molar-refractivity contribution in [3.05, 3.63) is 64.7 Å². The Balaban J connectivity index is 1.82. The number of benzene rings is 2. The van der Waals surface area contributed by atoms with Crippen LogP contribution in [0.15, 0.2) is 42.5 Å². The highest BCUT2D eigenvalue weighted by Crippen LogP contribution is 2.23. The van der Waals surface area contributed by atoms with Crippen LogP contribution in [0.1, 0.15) is 34.0 Å². The summed E-state index contributed by atoms with van der Waals surface area (Å²) in [5, 5.41) is 0. The smallest absolute Gasteiger partial charge is 0.254 e. The molecule has 1 aliphatic rings. The van der Waals surface area contributed by atoms with Gasteiger partial charge in [0.15, 0.2) is 0 Å². The van der Waals surface area contributed by atoms with Gasteiger partial charge >= 0.3 is 0 Å². The molecule has 2 aromatic carbocycles. The summed E-state index contributed by atoms with van der Waals surface area (Å²) < 4.78 is 0. The molecule has 0 aliphatic carbocycles. The van der Waals surface area contributed by atoms with Crippen LogP contribution in [-0.2, 0) is 4.79 Å². The Morgan fingerprint density at radius 1 is 1.00 bits per heavy atom. The van der Waals surface area contributed by atoms with Crippen LogP contribution in [0.5, 0.6) is 0 Å². The van der Waals surface area contributed by atoms with Gasteiger partial charge in [-0.05, 0) is 51.5 Å². The van der Waals surface area contributed by atoms with Gasteiger partial charge in [0.2, 0.25) is 5.91 Å². The molecule has 0 unspecified atom stereocenters. The Kier molecular flexibility index (Phi) is 4.62. The highest BCUT2D eigenvalue weighted by Gasteiger charge is 2.34. The van der Waals surface area contributed by atoms with E-state index >= 15 is 0 Å².